The van der Waals surface area contributed by atoms with Gasteiger partial charge in [0.2, 0.25) is 5.91 Å². The molecule has 32 heavy (non-hydrogen) atoms. The van der Waals surface area contributed by atoms with Crippen LogP contribution in [0.2, 0.25) is 0 Å². The predicted octanol–water partition coefficient (Wildman–Crippen LogP) is 1.34. The van der Waals surface area contributed by atoms with Crippen LogP contribution in [0.1, 0.15) is 54.4 Å². The van der Waals surface area contributed by atoms with Gasteiger partial charge in [-0.1, -0.05) is 0 Å². The van der Waals surface area contributed by atoms with E-state index in [-0.39, 0.29) is 42.4 Å². The number of carbonyl (C=O) groups excluding carboxylic acids is 2. The van der Waals surface area contributed by atoms with Crippen molar-refractivity contribution in [3.63, 3.8) is 0 Å². The Morgan fingerprint density at radius 1 is 1.12 bits per heavy atom. The average molecular weight is 526 g/mol. The number of amides is 2. The molecule has 0 spiro atoms. The third kappa shape index (κ3) is 3.98. The van der Waals surface area contributed by atoms with Gasteiger partial charge in [-0.3, -0.25) is 9.59 Å². The summed E-state index contributed by atoms with van der Waals surface area (Å²) in [5, 5.41) is 5.89. The Labute approximate surface area is 196 Å². The number of carbonyl (C=O) groups is 2. The molecule has 4 aliphatic heterocycles. The van der Waals surface area contributed by atoms with Crippen molar-refractivity contribution in [2.45, 2.75) is 69.1 Å². The second kappa shape index (κ2) is 8.35. The number of hydrogen-bond donors (Lipinski definition) is 3. The van der Waals surface area contributed by atoms with E-state index in [0.717, 1.165) is 24.1 Å². The number of nitrogens with two attached hydrogens (primary N) is 1. The van der Waals surface area contributed by atoms with E-state index in [1.54, 1.807) is 20.7 Å². The van der Waals surface area contributed by atoms with Crippen LogP contribution in [-0.2, 0) is 21.4 Å². The first-order valence-electron chi connectivity index (χ1n) is 11.2. The van der Waals surface area contributed by atoms with Gasteiger partial charge in [-0.25, -0.2) is 0 Å². The van der Waals surface area contributed by atoms with E-state index in [2.05, 4.69) is 26.6 Å². The van der Waals surface area contributed by atoms with Crippen LogP contribution in [-0.4, -0.2) is 66.1 Å². The number of piperidine rings is 2. The molecule has 0 aliphatic carbocycles. The molecule has 0 aromatic heterocycles. The number of benzene rings is 1. The standard InChI is InChI=1S/C21H28BrN5O4S/c22-18-11-19-12(8-20(28)25-19)7-17(18)21(29)24-14-9-15-1-2-16(10-14)27(15)32(30,31)26-5-3-13(23)4-6-26/h7,11,13-16H,1-6,8-10,23H2,(H,24,29)(H,25,28)/t14?,15-,16+. The van der Waals surface area contributed by atoms with Crippen LogP contribution in [0.25, 0.3) is 0 Å². The number of hydrogen-bond acceptors (Lipinski definition) is 5. The van der Waals surface area contributed by atoms with Crippen molar-refractivity contribution >= 4 is 43.6 Å². The van der Waals surface area contributed by atoms with Crippen molar-refractivity contribution < 1.29 is 18.0 Å². The van der Waals surface area contributed by atoms with Crippen LogP contribution in [0, 0.1) is 0 Å². The van der Waals surface area contributed by atoms with Gasteiger partial charge in [-0.2, -0.15) is 17.0 Å². The molecule has 0 radical (unpaired) electrons. The number of fused-ring (bicyclic) bond motifs is 3. The molecule has 4 N–H and O–H groups in total. The molecule has 4 aliphatic rings. The van der Waals surface area contributed by atoms with E-state index in [0.29, 0.717) is 48.8 Å². The van der Waals surface area contributed by atoms with Crippen molar-refractivity contribution in [1.82, 2.24) is 13.9 Å². The van der Waals surface area contributed by atoms with Crippen molar-refractivity contribution in [3.05, 3.63) is 27.7 Å². The lowest BCUT2D eigenvalue weighted by atomic mass is 9.99. The minimum absolute atomic E-state index is 0.0755. The fraction of sp³-hybridized carbons (Fsp3) is 0.619. The summed E-state index contributed by atoms with van der Waals surface area (Å²) in [6.45, 7) is 0.951. The smallest absolute Gasteiger partial charge is 0.282 e. The minimum Gasteiger partial charge on any atom is -0.349 e. The van der Waals surface area contributed by atoms with E-state index < -0.39 is 10.2 Å². The molecule has 2 bridgehead atoms. The minimum atomic E-state index is -3.52. The van der Waals surface area contributed by atoms with Gasteiger partial charge in [-0.05, 0) is 72.2 Å². The molecule has 9 nitrogen and oxygen atoms in total. The molecule has 4 heterocycles. The maximum atomic E-state index is 13.3. The molecule has 1 aromatic rings. The Hall–Kier alpha value is -1.53. The molecule has 5 rings (SSSR count). The van der Waals surface area contributed by atoms with Crippen LogP contribution >= 0.6 is 15.9 Å². The predicted molar refractivity (Wildman–Crippen MR) is 123 cm³/mol. The lowest BCUT2D eigenvalue weighted by molar-refractivity contribution is -0.115. The molecule has 3 saturated heterocycles. The van der Waals surface area contributed by atoms with Crippen molar-refractivity contribution in [1.29, 1.82) is 0 Å². The highest BCUT2D eigenvalue weighted by molar-refractivity contribution is 9.10. The Kier molecular flexibility index (Phi) is 5.81. The zero-order valence-corrected chi connectivity index (χ0v) is 20.1. The largest absolute Gasteiger partial charge is 0.349 e. The van der Waals surface area contributed by atoms with Gasteiger partial charge in [0.1, 0.15) is 0 Å². The normalized spacial score (nSPS) is 29.1. The summed E-state index contributed by atoms with van der Waals surface area (Å²) < 4.78 is 30.6. The van der Waals surface area contributed by atoms with Gasteiger partial charge < -0.3 is 16.4 Å². The molecule has 0 saturated carbocycles. The Morgan fingerprint density at radius 2 is 1.78 bits per heavy atom. The van der Waals surface area contributed by atoms with Gasteiger partial charge in [0.25, 0.3) is 16.1 Å². The Balaban J connectivity index is 1.27. The van der Waals surface area contributed by atoms with Gasteiger partial charge in [0.15, 0.2) is 0 Å². The molecule has 2 amide bonds. The molecule has 3 fully saturated rings. The highest BCUT2D eigenvalue weighted by atomic mass is 79.9. The quantitative estimate of drug-likeness (QED) is 0.546. The summed E-state index contributed by atoms with van der Waals surface area (Å²) in [6, 6.07) is 3.32. The number of halogens is 1. The average Bonchev–Trinajstić information content (AvgIpc) is 3.23. The van der Waals surface area contributed by atoms with Crippen LogP contribution in [0.15, 0.2) is 16.6 Å². The number of rotatable bonds is 4. The Bertz CT molecular complexity index is 1040. The number of nitrogens with zero attached hydrogens (tertiary/aromatic N) is 2. The SMILES string of the molecule is NC1CCN(S(=O)(=O)N2[C@@H]3CC[C@H]2CC(NC(=O)c2cc4c(cc2Br)NC(=O)C4)C3)CC1. The third-order valence-electron chi connectivity index (χ3n) is 7.16. The van der Waals surface area contributed by atoms with Crippen LogP contribution in [0.4, 0.5) is 5.69 Å². The van der Waals surface area contributed by atoms with Crippen LogP contribution < -0.4 is 16.4 Å². The highest BCUT2D eigenvalue weighted by Crippen LogP contribution is 2.39. The van der Waals surface area contributed by atoms with E-state index in [9.17, 15) is 18.0 Å². The molecule has 11 heteroatoms. The summed E-state index contributed by atoms with van der Waals surface area (Å²) >= 11 is 3.44. The molecule has 1 aromatic carbocycles. The second-order valence-electron chi connectivity index (χ2n) is 9.32. The van der Waals surface area contributed by atoms with E-state index in [1.165, 1.54) is 0 Å². The zero-order chi connectivity index (χ0) is 22.6. The summed E-state index contributed by atoms with van der Waals surface area (Å²) in [5.74, 6) is -0.282. The molecule has 3 atom stereocenters. The molecular formula is C21H28BrN5O4S. The monoisotopic (exact) mass is 525 g/mol. The topological polar surface area (TPSA) is 125 Å². The first kappa shape index (κ1) is 22.3. The second-order valence-corrected chi connectivity index (χ2v) is 12.0. The van der Waals surface area contributed by atoms with Crippen LogP contribution in [0.5, 0.6) is 0 Å². The maximum Gasteiger partial charge on any atom is 0.282 e. The zero-order valence-electron chi connectivity index (χ0n) is 17.7. The number of nitrogens with one attached hydrogen (secondary N) is 2. The summed E-state index contributed by atoms with van der Waals surface area (Å²) in [7, 11) is -3.52. The van der Waals surface area contributed by atoms with E-state index in [4.69, 9.17) is 5.73 Å². The summed E-state index contributed by atoms with van der Waals surface area (Å²) in [4.78, 5) is 24.6. The fourth-order valence-corrected chi connectivity index (χ4v) is 8.15. The third-order valence-corrected chi connectivity index (χ3v) is 9.96. The molecule has 174 valence electrons. The highest BCUT2D eigenvalue weighted by Gasteiger charge is 2.49. The lowest BCUT2D eigenvalue weighted by Crippen LogP contribution is -2.57. The van der Waals surface area contributed by atoms with Crippen molar-refractivity contribution in [2.24, 2.45) is 5.73 Å². The molecule has 1 unspecified atom stereocenters. The summed E-state index contributed by atoms with van der Waals surface area (Å²) in [6.07, 6.45) is 4.51. The summed E-state index contributed by atoms with van der Waals surface area (Å²) in [5.41, 5.74) is 7.98. The van der Waals surface area contributed by atoms with E-state index in [1.807, 2.05) is 0 Å². The molecular weight excluding hydrogens is 498 g/mol. The van der Waals surface area contributed by atoms with E-state index >= 15 is 0 Å². The Morgan fingerprint density at radius 3 is 2.44 bits per heavy atom. The van der Waals surface area contributed by atoms with Gasteiger partial charge in [0.05, 0.1) is 12.0 Å². The maximum absolute atomic E-state index is 13.3. The van der Waals surface area contributed by atoms with Crippen molar-refractivity contribution in [2.75, 3.05) is 18.4 Å². The fourth-order valence-electron chi connectivity index (χ4n) is 5.55. The first-order chi connectivity index (χ1) is 15.2. The number of anilines is 1. The first-order valence-corrected chi connectivity index (χ1v) is 13.4. The lowest BCUT2D eigenvalue weighted by Gasteiger charge is -2.41. The van der Waals surface area contributed by atoms with Gasteiger partial charge in [-0.15, -0.1) is 0 Å². The van der Waals surface area contributed by atoms with Gasteiger partial charge >= 0.3 is 0 Å². The van der Waals surface area contributed by atoms with Gasteiger partial charge in [0, 0.05) is 47.4 Å². The van der Waals surface area contributed by atoms with Crippen LogP contribution in [0.3, 0.4) is 0 Å². The van der Waals surface area contributed by atoms with Crippen molar-refractivity contribution in [3.8, 4) is 0 Å².